The van der Waals surface area contributed by atoms with Crippen molar-refractivity contribution in [2.24, 2.45) is 68.5 Å². The molecule has 0 bridgehead atoms. The summed E-state index contributed by atoms with van der Waals surface area (Å²) in [6, 6.07) is 0. The first-order chi connectivity index (χ1) is 16.7. The Morgan fingerprint density at radius 3 is 2.06 bits per heavy atom. The number of hydrogen-bond donors (Lipinski definition) is 0. The first-order valence-corrected chi connectivity index (χ1v) is 16.7. The molecule has 0 saturated heterocycles. The Hall–Kier alpha value is 0. The van der Waals surface area contributed by atoms with Gasteiger partial charge in [0.25, 0.3) is 0 Å². The minimum atomic E-state index is 0.443. The molecule has 5 aliphatic rings. The van der Waals surface area contributed by atoms with Crippen LogP contribution in [-0.2, 0) is 0 Å². The molecule has 0 spiro atoms. The standard InChI is InChI=1S/C36H64/c1-25-14-18-33(6,19-15-25)20-16-26(2)29-12-13-30-28-11-10-27-24-34(7,32(3,4)5)22-23-35(27,8)31(28)17-21-36(29,30)9/h25-31H,10-24H2,1-9H3/t25?,26-,27+,28+,29-,30+,31+,33?,34-,35+,36-/m1/s1. The van der Waals surface area contributed by atoms with E-state index >= 15 is 0 Å². The van der Waals surface area contributed by atoms with Crippen LogP contribution in [0.25, 0.3) is 0 Å². The fraction of sp³-hybridized carbons (Fsp3) is 1.00. The van der Waals surface area contributed by atoms with Crippen LogP contribution in [-0.4, -0.2) is 0 Å². The predicted octanol–water partition coefficient (Wildman–Crippen LogP) is 11.3. The molecule has 5 rings (SSSR count). The van der Waals surface area contributed by atoms with Crippen molar-refractivity contribution in [1.82, 2.24) is 0 Å². The van der Waals surface area contributed by atoms with Crippen LogP contribution in [0.5, 0.6) is 0 Å². The molecule has 0 radical (unpaired) electrons. The summed E-state index contributed by atoms with van der Waals surface area (Å²) < 4.78 is 0. The third kappa shape index (κ3) is 4.47. The third-order valence-corrected chi connectivity index (χ3v) is 15.2. The van der Waals surface area contributed by atoms with Crippen molar-refractivity contribution in [3.63, 3.8) is 0 Å². The van der Waals surface area contributed by atoms with Gasteiger partial charge in [0.15, 0.2) is 0 Å². The van der Waals surface area contributed by atoms with Crippen LogP contribution in [0.3, 0.4) is 0 Å². The monoisotopic (exact) mass is 497 g/mol. The van der Waals surface area contributed by atoms with Crippen LogP contribution in [0, 0.1) is 68.5 Å². The topological polar surface area (TPSA) is 0 Å². The zero-order chi connectivity index (χ0) is 26.1. The summed E-state index contributed by atoms with van der Waals surface area (Å²) >= 11 is 0. The Morgan fingerprint density at radius 2 is 1.39 bits per heavy atom. The van der Waals surface area contributed by atoms with Gasteiger partial charge in [-0.25, -0.2) is 0 Å². The molecule has 0 nitrogen and oxygen atoms in total. The molecule has 0 unspecified atom stereocenters. The molecule has 0 aliphatic heterocycles. The molecular weight excluding hydrogens is 432 g/mol. The second-order valence-electron chi connectivity index (χ2n) is 17.9. The first-order valence-electron chi connectivity index (χ1n) is 16.7. The summed E-state index contributed by atoms with van der Waals surface area (Å²) in [5.74, 6) is 6.98. The van der Waals surface area contributed by atoms with Crippen molar-refractivity contribution < 1.29 is 0 Å². The highest BCUT2D eigenvalue weighted by atomic mass is 14.7. The third-order valence-electron chi connectivity index (χ3n) is 15.2. The van der Waals surface area contributed by atoms with Crippen LogP contribution in [0.1, 0.15) is 159 Å². The molecule has 0 amide bonds. The molecule has 208 valence electrons. The maximum atomic E-state index is 2.79. The highest BCUT2D eigenvalue weighted by Crippen LogP contribution is 2.70. The molecule has 5 saturated carbocycles. The average molecular weight is 497 g/mol. The van der Waals surface area contributed by atoms with E-state index in [1.807, 2.05) is 0 Å². The van der Waals surface area contributed by atoms with E-state index in [0.29, 0.717) is 27.1 Å². The van der Waals surface area contributed by atoms with Crippen LogP contribution >= 0.6 is 0 Å². The fourth-order valence-corrected chi connectivity index (χ4v) is 11.6. The van der Waals surface area contributed by atoms with Crippen molar-refractivity contribution in [2.75, 3.05) is 0 Å². The summed E-state index contributed by atoms with van der Waals surface area (Å²) in [6.07, 6.45) is 22.7. The predicted molar refractivity (Wildman–Crippen MR) is 157 cm³/mol. The fourth-order valence-electron chi connectivity index (χ4n) is 11.6. The lowest BCUT2D eigenvalue weighted by atomic mass is 9.41. The molecule has 36 heavy (non-hydrogen) atoms. The molecule has 5 aliphatic carbocycles. The normalized spacial score (nSPS) is 52.2. The van der Waals surface area contributed by atoms with Crippen LogP contribution in [0.4, 0.5) is 0 Å². The summed E-state index contributed by atoms with van der Waals surface area (Å²) in [5.41, 5.74) is 2.89. The van der Waals surface area contributed by atoms with Gasteiger partial charge < -0.3 is 0 Å². The maximum Gasteiger partial charge on any atom is -0.0264 e. The minimum absolute atomic E-state index is 0.443. The van der Waals surface area contributed by atoms with Crippen molar-refractivity contribution >= 4 is 0 Å². The van der Waals surface area contributed by atoms with Gasteiger partial charge >= 0.3 is 0 Å². The first kappa shape index (κ1) is 27.6. The molecule has 0 aromatic rings. The van der Waals surface area contributed by atoms with E-state index in [0.717, 1.165) is 41.4 Å². The van der Waals surface area contributed by atoms with Crippen molar-refractivity contribution in [1.29, 1.82) is 0 Å². The van der Waals surface area contributed by atoms with E-state index in [4.69, 9.17) is 0 Å². The largest absolute Gasteiger partial charge is 0.0625 e. The van der Waals surface area contributed by atoms with E-state index in [-0.39, 0.29) is 0 Å². The number of hydrogen-bond acceptors (Lipinski definition) is 0. The van der Waals surface area contributed by atoms with Crippen LogP contribution in [0.2, 0.25) is 0 Å². The summed E-state index contributed by atoms with van der Waals surface area (Å²) in [4.78, 5) is 0. The zero-order valence-electron chi connectivity index (χ0n) is 26.1. The second-order valence-corrected chi connectivity index (χ2v) is 17.9. The van der Waals surface area contributed by atoms with E-state index in [1.165, 1.54) is 64.2 Å². The summed E-state index contributed by atoms with van der Waals surface area (Å²) in [6.45, 7) is 23.5. The molecule has 0 aromatic heterocycles. The van der Waals surface area contributed by atoms with Gasteiger partial charge in [-0.2, -0.15) is 0 Å². The highest BCUT2D eigenvalue weighted by molar-refractivity contribution is 5.11. The molecule has 9 atom stereocenters. The van der Waals surface area contributed by atoms with Crippen molar-refractivity contribution in [2.45, 2.75) is 159 Å². The summed E-state index contributed by atoms with van der Waals surface area (Å²) in [5, 5.41) is 0. The van der Waals surface area contributed by atoms with Gasteiger partial charge in [-0.1, -0.05) is 75.2 Å². The SMILES string of the molecule is CC1CCC(C)(CC[C@@H](C)[C@H]2CC[C@H]3[C@@H]4CC[C@H]5C[C@](C)(C(C)(C)C)CC[C@]5(C)[C@H]4CC[C@]23C)CC1. The Bertz CT molecular complexity index is 778. The number of rotatable bonds is 4. The Balaban J connectivity index is 1.25. The lowest BCUT2D eigenvalue weighted by molar-refractivity contribution is -0.145. The quantitative estimate of drug-likeness (QED) is 0.363. The molecule has 0 N–H and O–H groups in total. The van der Waals surface area contributed by atoms with E-state index in [1.54, 1.807) is 32.1 Å². The molecule has 0 heteroatoms. The van der Waals surface area contributed by atoms with E-state index < -0.39 is 0 Å². The number of fused-ring (bicyclic) bond motifs is 5. The summed E-state index contributed by atoms with van der Waals surface area (Å²) in [7, 11) is 0. The van der Waals surface area contributed by atoms with Crippen LogP contribution < -0.4 is 0 Å². The minimum Gasteiger partial charge on any atom is -0.0625 e. The molecule has 0 heterocycles. The lowest BCUT2D eigenvalue weighted by Gasteiger charge is -2.64. The maximum absolute atomic E-state index is 2.79. The molecule has 0 aromatic carbocycles. The van der Waals surface area contributed by atoms with Crippen LogP contribution in [0.15, 0.2) is 0 Å². The van der Waals surface area contributed by atoms with E-state index in [2.05, 4.69) is 62.3 Å². The highest BCUT2D eigenvalue weighted by Gasteiger charge is 2.62. The Morgan fingerprint density at radius 1 is 0.722 bits per heavy atom. The van der Waals surface area contributed by atoms with Gasteiger partial charge in [-0.15, -0.1) is 0 Å². The molecular formula is C36H64. The zero-order valence-corrected chi connectivity index (χ0v) is 26.1. The van der Waals surface area contributed by atoms with Crippen molar-refractivity contribution in [3.8, 4) is 0 Å². The molecule has 5 fully saturated rings. The van der Waals surface area contributed by atoms with Gasteiger partial charge in [0, 0.05) is 0 Å². The van der Waals surface area contributed by atoms with Gasteiger partial charge in [-0.3, -0.25) is 0 Å². The second kappa shape index (κ2) is 9.29. The van der Waals surface area contributed by atoms with Crippen molar-refractivity contribution in [3.05, 3.63) is 0 Å². The smallest absolute Gasteiger partial charge is 0.0264 e. The van der Waals surface area contributed by atoms with Gasteiger partial charge in [0.05, 0.1) is 0 Å². The lowest BCUT2D eigenvalue weighted by Crippen LogP contribution is -2.55. The van der Waals surface area contributed by atoms with Gasteiger partial charge in [0.1, 0.15) is 0 Å². The average Bonchev–Trinajstić information content (AvgIpc) is 3.17. The van der Waals surface area contributed by atoms with E-state index in [9.17, 15) is 0 Å². The Labute approximate surface area is 226 Å². The van der Waals surface area contributed by atoms with Gasteiger partial charge in [-0.05, 0) is 152 Å². The van der Waals surface area contributed by atoms with Gasteiger partial charge in [0.2, 0.25) is 0 Å². The Kier molecular flexibility index (Phi) is 7.11.